The molecule has 0 amide bonds. The molecule has 0 radical (unpaired) electrons. The van der Waals surface area contributed by atoms with E-state index in [4.69, 9.17) is 4.42 Å². The first-order valence-electron chi connectivity index (χ1n) is 7.92. The lowest BCUT2D eigenvalue weighted by molar-refractivity contribution is 0.189. The minimum absolute atomic E-state index is 0.446. The number of nitrogens with zero attached hydrogens (tertiary/aromatic N) is 6. The molecule has 8 nitrogen and oxygen atoms in total. The molecule has 0 aromatic carbocycles. The molecule has 124 valence electrons. The SMILES string of the molecule is CC(O)c1nccc(N2CCN(c3nc4ccncc4o3)CC2)n1. The molecule has 1 aliphatic rings. The van der Waals surface area contributed by atoms with Crippen molar-refractivity contribution in [3.8, 4) is 0 Å². The fourth-order valence-corrected chi connectivity index (χ4v) is 2.77. The third kappa shape index (κ3) is 2.76. The molecule has 1 aliphatic heterocycles. The predicted octanol–water partition coefficient (Wildman–Crippen LogP) is 1.39. The molecule has 1 atom stereocenters. The van der Waals surface area contributed by atoms with Crippen molar-refractivity contribution in [1.82, 2.24) is 19.9 Å². The second kappa shape index (κ2) is 6.04. The molecule has 4 heterocycles. The number of anilines is 2. The van der Waals surface area contributed by atoms with Gasteiger partial charge in [0.1, 0.15) is 17.4 Å². The predicted molar refractivity (Wildman–Crippen MR) is 88.9 cm³/mol. The number of pyridine rings is 1. The van der Waals surface area contributed by atoms with E-state index in [-0.39, 0.29) is 0 Å². The van der Waals surface area contributed by atoms with E-state index in [0.29, 0.717) is 17.4 Å². The highest BCUT2D eigenvalue weighted by Gasteiger charge is 2.22. The maximum atomic E-state index is 9.63. The number of aliphatic hydroxyl groups is 1. The highest BCUT2D eigenvalue weighted by Crippen LogP contribution is 2.23. The van der Waals surface area contributed by atoms with E-state index in [2.05, 4.69) is 29.7 Å². The van der Waals surface area contributed by atoms with Gasteiger partial charge in [0.25, 0.3) is 6.01 Å². The van der Waals surface area contributed by atoms with Crippen LogP contribution >= 0.6 is 0 Å². The van der Waals surface area contributed by atoms with Crippen molar-refractivity contribution in [2.24, 2.45) is 0 Å². The molecule has 24 heavy (non-hydrogen) atoms. The van der Waals surface area contributed by atoms with E-state index in [9.17, 15) is 5.11 Å². The highest BCUT2D eigenvalue weighted by atomic mass is 16.4. The molecule has 8 heteroatoms. The maximum absolute atomic E-state index is 9.63. The number of rotatable bonds is 3. The van der Waals surface area contributed by atoms with Crippen molar-refractivity contribution < 1.29 is 9.52 Å². The van der Waals surface area contributed by atoms with Crippen LogP contribution in [-0.2, 0) is 0 Å². The van der Waals surface area contributed by atoms with E-state index in [0.717, 1.165) is 37.5 Å². The summed E-state index contributed by atoms with van der Waals surface area (Å²) in [6.07, 6.45) is 4.41. The van der Waals surface area contributed by atoms with Crippen molar-refractivity contribution in [2.45, 2.75) is 13.0 Å². The van der Waals surface area contributed by atoms with E-state index in [1.165, 1.54) is 0 Å². The molecular formula is C16H18N6O2. The van der Waals surface area contributed by atoms with E-state index in [1.54, 1.807) is 25.5 Å². The fraction of sp³-hybridized carbons (Fsp3) is 0.375. The molecule has 0 aliphatic carbocycles. The lowest BCUT2D eigenvalue weighted by Gasteiger charge is -2.34. The standard InChI is InChI=1S/C16H18N6O2/c1-11(23)15-18-5-3-14(20-15)21-6-8-22(9-7-21)16-19-12-2-4-17-10-13(12)24-16/h2-5,10-11,23H,6-9H2,1H3. The number of piperazine rings is 1. The molecule has 3 aromatic heterocycles. The topological polar surface area (TPSA) is 91.4 Å². The Morgan fingerprint density at radius 1 is 1.08 bits per heavy atom. The molecule has 0 bridgehead atoms. The Morgan fingerprint density at radius 3 is 2.62 bits per heavy atom. The Labute approximate surface area is 138 Å². The Balaban J connectivity index is 1.47. The normalized spacial score (nSPS) is 16.6. The van der Waals surface area contributed by atoms with Gasteiger partial charge in [-0.2, -0.15) is 4.98 Å². The van der Waals surface area contributed by atoms with Gasteiger partial charge in [-0.3, -0.25) is 4.98 Å². The van der Waals surface area contributed by atoms with Crippen LogP contribution in [0, 0.1) is 0 Å². The third-order valence-electron chi connectivity index (χ3n) is 4.09. The lowest BCUT2D eigenvalue weighted by atomic mass is 10.3. The number of oxazole rings is 1. The van der Waals surface area contributed by atoms with E-state index >= 15 is 0 Å². The Hall–Kier alpha value is -2.74. The van der Waals surface area contributed by atoms with Gasteiger partial charge < -0.3 is 19.3 Å². The molecule has 1 N–H and O–H groups in total. The summed E-state index contributed by atoms with van der Waals surface area (Å²) in [5, 5.41) is 9.63. The van der Waals surface area contributed by atoms with Gasteiger partial charge in [-0.25, -0.2) is 9.97 Å². The lowest BCUT2D eigenvalue weighted by Crippen LogP contribution is -2.47. The van der Waals surface area contributed by atoms with Gasteiger partial charge in [-0.05, 0) is 19.1 Å². The molecule has 1 saturated heterocycles. The van der Waals surface area contributed by atoms with Crippen LogP contribution in [0.25, 0.3) is 11.1 Å². The first-order chi connectivity index (χ1) is 11.7. The van der Waals surface area contributed by atoms with Gasteiger partial charge in [0.05, 0.1) is 6.20 Å². The number of aromatic nitrogens is 4. The number of fused-ring (bicyclic) bond motifs is 1. The molecule has 3 aromatic rings. The summed E-state index contributed by atoms with van der Waals surface area (Å²) in [4.78, 5) is 21.4. The summed E-state index contributed by atoms with van der Waals surface area (Å²) < 4.78 is 5.77. The van der Waals surface area contributed by atoms with Gasteiger partial charge in [0, 0.05) is 38.6 Å². The second-order valence-corrected chi connectivity index (χ2v) is 5.76. The number of aliphatic hydroxyl groups excluding tert-OH is 1. The fourth-order valence-electron chi connectivity index (χ4n) is 2.77. The molecule has 1 unspecified atom stereocenters. The molecule has 1 fully saturated rings. The maximum Gasteiger partial charge on any atom is 0.298 e. The monoisotopic (exact) mass is 326 g/mol. The summed E-state index contributed by atoms with van der Waals surface area (Å²) in [6.45, 7) is 4.84. The van der Waals surface area contributed by atoms with Crippen molar-refractivity contribution >= 4 is 22.9 Å². The van der Waals surface area contributed by atoms with Crippen LogP contribution in [0.5, 0.6) is 0 Å². The molecular weight excluding hydrogens is 308 g/mol. The number of hydrogen-bond donors (Lipinski definition) is 1. The summed E-state index contributed by atoms with van der Waals surface area (Å²) >= 11 is 0. The first-order valence-corrected chi connectivity index (χ1v) is 7.92. The van der Waals surface area contributed by atoms with Crippen LogP contribution in [0.3, 0.4) is 0 Å². The summed E-state index contributed by atoms with van der Waals surface area (Å²) in [5.41, 5.74) is 1.52. The Morgan fingerprint density at radius 2 is 1.88 bits per heavy atom. The zero-order chi connectivity index (χ0) is 16.5. The van der Waals surface area contributed by atoms with Crippen LogP contribution in [0.1, 0.15) is 18.9 Å². The zero-order valence-electron chi connectivity index (χ0n) is 13.3. The van der Waals surface area contributed by atoms with Gasteiger partial charge in [0.15, 0.2) is 11.4 Å². The van der Waals surface area contributed by atoms with Gasteiger partial charge in [-0.1, -0.05) is 0 Å². The largest absolute Gasteiger partial charge is 0.422 e. The third-order valence-corrected chi connectivity index (χ3v) is 4.09. The summed E-state index contributed by atoms with van der Waals surface area (Å²) in [5.74, 6) is 1.28. The quantitative estimate of drug-likeness (QED) is 0.772. The summed E-state index contributed by atoms with van der Waals surface area (Å²) in [7, 11) is 0. The van der Waals surface area contributed by atoms with Crippen LogP contribution in [-0.4, -0.2) is 51.2 Å². The minimum atomic E-state index is -0.667. The van der Waals surface area contributed by atoms with Gasteiger partial charge in [-0.15, -0.1) is 0 Å². The van der Waals surface area contributed by atoms with E-state index in [1.807, 2.05) is 12.1 Å². The van der Waals surface area contributed by atoms with Gasteiger partial charge in [0.2, 0.25) is 0 Å². The average Bonchev–Trinajstić information content (AvgIpc) is 3.06. The van der Waals surface area contributed by atoms with Crippen molar-refractivity contribution in [1.29, 1.82) is 0 Å². The van der Waals surface area contributed by atoms with Crippen molar-refractivity contribution in [3.05, 3.63) is 36.5 Å². The second-order valence-electron chi connectivity index (χ2n) is 5.76. The van der Waals surface area contributed by atoms with Crippen LogP contribution in [0.2, 0.25) is 0 Å². The average molecular weight is 326 g/mol. The minimum Gasteiger partial charge on any atom is -0.422 e. The smallest absolute Gasteiger partial charge is 0.298 e. The van der Waals surface area contributed by atoms with Gasteiger partial charge >= 0.3 is 0 Å². The molecule has 0 spiro atoms. The Kier molecular flexibility index (Phi) is 3.73. The molecule has 4 rings (SSSR count). The Bertz CT molecular complexity index is 808. The first kappa shape index (κ1) is 14.8. The van der Waals surface area contributed by atoms with E-state index < -0.39 is 6.10 Å². The van der Waals surface area contributed by atoms with Crippen LogP contribution in [0.4, 0.5) is 11.8 Å². The van der Waals surface area contributed by atoms with Crippen molar-refractivity contribution in [2.75, 3.05) is 36.0 Å². The summed E-state index contributed by atoms with van der Waals surface area (Å²) in [6, 6.07) is 4.34. The number of hydrogen-bond acceptors (Lipinski definition) is 8. The molecule has 0 saturated carbocycles. The van der Waals surface area contributed by atoms with Crippen LogP contribution in [0.15, 0.2) is 35.1 Å². The zero-order valence-corrected chi connectivity index (χ0v) is 13.3. The van der Waals surface area contributed by atoms with Crippen LogP contribution < -0.4 is 9.80 Å². The highest BCUT2D eigenvalue weighted by molar-refractivity contribution is 5.73. The van der Waals surface area contributed by atoms with Crippen molar-refractivity contribution in [3.63, 3.8) is 0 Å².